The maximum atomic E-state index is 5.01. The molecule has 0 amide bonds. The molecule has 1 aromatic carbocycles. The fourth-order valence-corrected chi connectivity index (χ4v) is 2.40. The van der Waals surface area contributed by atoms with Gasteiger partial charge in [0, 0.05) is 4.70 Å². The van der Waals surface area contributed by atoms with Crippen LogP contribution in [0.25, 0.3) is 10.1 Å². The Morgan fingerprint density at radius 2 is 2.31 bits per heavy atom. The van der Waals surface area contributed by atoms with Gasteiger partial charge in [-0.2, -0.15) is 0 Å². The van der Waals surface area contributed by atoms with Crippen LogP contribution >= 0.6 is 11.3 Å². The molecule has 3 heteroatoms. The van der Waals surface area contributed by atoms with Crippen LogP contribution in [0.2, 0.25) is 0 Å². The number of rotatable bonds is 2. The summed E-state index contributed by atoms with van der Waals surface area (Å²) in [5, 5.41) is 3.49. The molecule has 2 aromatic rings. The SMILES string of the molecule is Cc1csc2cc(CON)ccc12. The molecule has 0 saturated carbocycles. The molecule has 2 N–H and O–H groups in total. The molecular formula is C10H11NOS. The van der Waals surface area contributed by atoms with Crippen molar-refractivity contribution in [2.24, 2.45) is 5.90 Å². The second-order valence-electron chi connectivity index (χ2n) is 3.06. The highest BCUT2D eigenvalue weighted by Crippen LogP contribution is 2.26. The Morgan fingerprint density at radius 3 is 3.08 bits per heavy atom. The van der Waals surface area contributed by atoms with Crippen LogP contribution in [0.3, 0.4) is 0 Å². The average Bonchev–Trinajstić information content (AvgIpc) is 2.48. The van der Waals surface area contributed by atoms with Crippen molar-refractivity contribution in [3.63, 3.8) is 0 Å². The fraction of sp³-hybridized carbons (Fsp3) is 0.200. The highest BCUT2D eigenvalue weighted by atomic mass is 32.1. The van der Waals surface area contributed by atoms with Gasteiger partial charge in [0.25, 0.3) is 0 Å². The lowest BCUT2D eigenvalue weighted by molar-refractivity contribution is 0.124. The summed E-state index contributed by atoms with van der Waals surface area (Å²) in [6, 6.07) is 6.30. The molecular weight excluding hydrogens is 182 g/mol. The minimum absolute atomic E-state index is 0.479. The summed E-state index contributed by atoms with van der Waals surface area (Å²) < 4.78 is 1.30. The third kappa shape index (κ3) is 1.58. The quantitative estimate of drug-likeness (QED) is 0.744. The summed E-state index contributed by atoms with van der Waals surface area (Å²) in [4.78, 5) is 4.59. The highest BCUT2D eigenvalue weighted by molar-refractivity contribution is 7.17. The lowest BCUT2D eigenvalue weighted by atomic mass is 10.1. The van der Waals surface area contributed by atoms with Crippen molar-refractivity contribution in [2.75, 3.05) is 0 Å². The van der Waals surface area contributed by atoms with E-state index in [4.69, 9.17) is 5.90 Å². The minimum Gasteiger partial charge on any atom is -0.300 e. The zero-order valence-corrected chi connectivity index (χ0v) is 8.23. The number of nitrogens with two attached hydrogens (primary N) is 1. The van der Waals surface area contributed by atoms with E-state index in [1.165, 1.54) is 15.6 Å². The normalized spacial score (nSPS) is 10.9. The Bertz CT molecular complexity index is 422. The molecule has 68 valence electrons. The third-order valence-electron chi connectivity index (χ3n) is 2.08. The molecule has 0 spiro atoms. The summed E-state index contributed by atoms with van der Waals surface area (Å²) in [6.07, 6.45) is 0. The van der Waals surface area contributed by atoms with Gasteiger partial charge in [-0.3, -0.25) is 4.84 Å². The number of aryl methyl sites for hydroxylation is 1. The second kappa shape index (κ2) is 3.46. The van der Waals surface area contributed by atoms with E-state index in [9.17, 15) is 0 Å². The van der Waals surface area contributed by atoms with Gasteiger partial charge in [0.1, 0.15) is 0 Å². The molecule has 0 bridgehead atoms. The van der Waals surface area contributed by atoms with Gasteiger partial charge in [0.05, 0.1) is 6.61 Å². The molecule has 0 unspecified atom stereocenters. The van der Waals surface area contributed by atoms with Gasteiger partial charge in [-0.1, -0.05) is 12.1 Å². The average molecular weight is 193 g/mol. The Labute approximate surface area is 80.9 Å². The van der Waals surface area contributed by atoms with Crippen LogP contribution in [-0.2, 0) is 11.4 Å². The molecule has 2 rings (SSSR count). The standard InChI is InChI=1S/C10H11NOS/c1-7-6-13-10-4-8(5-12-11)2-3-9(7)10/h2-4,6H,5,11H2,1H3. The fourth-order valence-electron chi connectivity index (χ4n) is 1.39. The molecule has 0 aliphatic carbocycles. The predicted molar refractivity (Wildman–Crippen MR) is 55.5 cm³/mol. The lowest BCUT2D eigenvalue weighted by Crippen LogP contribution is -1.98. The van der Waals surface area contributed by atoms with Gasteiger partial charge in [0.15, 0.2) is 0 Å². The van der Waals surface area contributed by atoms with Crippen molar-refractivity contribution in [3.8, 4) is 0 Å². The van der Waals surface area contributed by atoms with Gasteiger partial charge in [0.2, 0.25) is 0 Å². The Kier molecular flexibility index (Phi) is 2.31. The van der Waals surface area contributed by atoms with Crippen molar-refractivity contribution in [1.82, 2.24) is 0 Å². The molecule has 0 saturated heterocycles. The zero-order valence-electron chi connectivity index (χ0n) is 7.41. The van der Waals surface area contributed by atoms with Crippen LogP contribution in [0.15, 0.2) is 23.6 Å². The van der Waals surface area contributed by atoms with Gasteiger partial charge in [-0.15, -0.1) is 11.3 Å². The third-order valence-corrected chi connectivity index (χ3v) is 3.15. The van der Waals surface area contributed by atoms with Gasteiger partial charge in [-0.25, -0.2) is 5.90 Å². The maximum absolute atomic E-state index is 5.01. The van der Waals surface area contributed by atoms with Crippen LogP contribution in [0, 0.1) is 6.92 Å². The van der Waals surface area contributed by atoms with Crippen molar-refractivity contribution in [1.29, 1.82) is 0 Å². The van der Waals surface area contributed by atoms with Crippen LogP contribution in [0.1, 0.15) is 11.1 Å². The van der Waals surface area contributed by atoms with E-state index in [0.717, 1.165) is 5.56 Å². The summed E-state index contributed by atoms with van der Waals surface area (Å²) in [5.74, 6) is 5.01. The van der Waals surface area contributed by atoms with Gasteiger partial charge < -0.3 is 0 Å². The first-order chi connectivity index (χ1) is 6.31. The molecule has 0 fully saturated rings. The van der Waals surface area contributed by atoms with E-state index in [-0.39, 0.29) is 0 Å². The molecule has 0 aliphatic rings. The van der Waals surface area contributed by atoms with Crippen molar-refractivity contribution >= 4 is 21.4 Å². The van der Waals surface area contributed by atoms with E-state index in [0.29, 0.717) is 6.61 Å². The van der Waals surface area contributed by atoms with E-state index in [2.05, 4.69) is 35.3 Å². The van der Waals surface area contributed by atoms with Crippen molar-refractivity contribution in [3.05, 3.63) is 34.7 Å². The summed E-state index contributed by atoms with van der Waals surface area (Å²) in [7, 11) is 0. The number of hydrogen-bond acceptors (Lipinski definition) is 3. The molecule has 1 aromatic heterocycles. The number of thiophene rings is 1. The van der Waals surface area contributed by atoms with Gasteiger partial charge in [-0.05, 0) is 34.9 Å². The molecule has 1 heterocycles. The zero-order chi connectivity index (χ0) is 9.26. The number of benzene rings is 1. The Morgan fingerprint density at radius 1 is 1.46 bits per heavy atom. The topological polar surface area (TPSA) is 35.2 Å². The van der Waals surface area contributed by atoms with E-state index in [1.807, 2.05) is 0 Å². The predicted octanol–water partition coefficient (Wildman–Crippen LogP) is 2.60. The lowest BCUT2D eigenvalue weighted by Gasteiger charge is -1.98. The van der Waals surface area contributed by atoms with E-state index >= 15 is 0 Å². The maximum Gasteiger partial charge on any atom is 0.0930 e. The summed E-state index contributed by atoms with van der Waals surface area (Å²) in [6.45, 7) is 2.60. The van der Waals surface area contributed by atoms with Crippen LogP contribution < -0.4 is 5.90 Å². The largest absolute Gasteiger partial charge is 0.300 e. The molecule has 13 heavy (non-hydrogen) atoms. The summed E-state index contributed by atoms with van der Waals surface area (Å²) >= 11 is 1.76. The van der Waals surface area contributed by atoms with Crippen LogP contribution in [0.5, 0.6) is 0 Å². The van der Waals surface area contributed by atoms with Crippen molar-refractivity contribution in [2.45, 2.75) is 13.5 Å². The van der Waals surface area contributed by atoms with Crippen molar-refractivity contribution < 1.29 is 4.84 Å². The molecule has 2 nitrogen and oxygen atoms in total. The number of fused-ring (bicyclic) bond motifs is 1. The highest BCUT2D eigenvalue weighted by Gasteiger charge is 2.00. The Hall–Kier alpha value is -0.900. The number of hydrogen-bond donors (Lipinski definition) is 1. The van der Waals surface area contributed by atoms with E-state index < -0.39 is 0 Å². The second-order valence-corrected chi connectivity index (χ2v) is 3.97. The monoisotopic (exact) mass is 193 g/mol. The van der Waals surface area contributed by atoms with E-state index in [1.54, 1.807) is 11.3 Å². The van der Waals surface area contributed by atoms with Crippen LogP contribution in [-0.4, -0.2) is 0 Å². The molecule has 0 aliphatic heterocycles. The molecule has 0 radical (unpaired) electrons. The van der Waals surface area contributed by atoms with Gasteiger partial charge >= 0.3 is 0 Å². The van der Waals surface area contributed by atoms with Crippen LogP contribution in [0.4, 0.5) is 0 Å². The minimum atomic E-state index is 0.479. The summed E-state index contributed by atoms with van der Waals surface area (Å²) in [5.41, 5.74) is 2.46. The first-order valence-corrected chi connectivity index (χ1v) is 4.97. The first-order valence-electron chi connectivity index (χ1n) is 4.09. The smallest absolute Gasteiger partial charge is 0.0930 e. The first kappa shape index (κ1) is 8.69. The molecule has 0 atom stereocenters. The Balaban J connectivity index is 2.50.